The quantitative estimate of drug-likeness (QED) is 0.736. The summed E-state index contributed by atoms with van der Waals surface area (Å²) in [5.41, 5.74) is 0.688. The van der Waals surface area contributed by atoms with E-state index < -0.39 is 6.36 Å². The van der Waals surface area contributed by atoms with E-state index in [1.165, 1.54) is 12.1 Å². The Morgan fingerprint density at radius 3 is 2.19 bits per heavy atom. The maximum absolute atomic E-state index is 11.8. The van der Waals surface area contributed by atoms with Crippen LogP contribution in [0, 0.1) is 18.3 Å². The highest BCUT2D eigenvalue weighted by molar-refractivity contribution is 5.40. The molecule has 1 aromatic rings. The van der Waals surface area contributed by atoms with Gasteiger partial charge in [-0.1, -0.05) is 13.8 Å². The Balaban J connectivity index is 0.00000106. The third-order valence-electron chi connectivity index (χ3n) is 1.41. The van der Waals surface area contributed by atoms with Crippen molar-refractivity contribution in [3.05, 3.63) is 29.3 Å². The highest BCUT2D eigenvalue weighted by Crippen LogP contribution is 2.24. The molecule has 0 saturated heterocycles. The second-order valence-corrected chi connectivity index (χ2v) is 2.69. The molecule has 5 heteroatoms. The van der Waals surface area contributed by atoms with Crippen molar-refractivity contribution in [2.75, 3.05) is 0 Å². The topological polar surface area (TPSA) is 33.0 Å². The monoisotopic (exact) mass is 231 g/mol. The maximum Gasteiger partial charge on any atom is 0.573 e. The Morgan fingerprint density at radius 1 is 1.19 bits per heavy atom. The van der Waals surface area contributed by atoms with Crippen molar-refractivity contribution in [1.82, 2.24) is 0 Å². The average Bonchev–Trinajstić information content (AvgIpc) is 2.17. The van der Waals surface area contributed by atoms with Crippen molar-refractivity contribution in [1.29, 1.82) is 5.26 Å². The van der Waals surface area contributed by atoms with Crippen LogP contribution in [0.1, 0.15) is 25.0 Å². The van der Waals surface area contributed by atoms with Crippen LogP contribution in [0.5, 0.6) is 5.75 Å². The summed E-state index contributed by atoms with van der Waals surface area (Å²) in [6.45, 7) is 5.59. The van der Waals surface area contributed by atoms with Gasteiger partial charge in [-0.05, 0) is 30.7 Å². The molecule has 2 nitrogen and oxygen atoms in total. The van der Waals surface area contributed by atoms with E-state index >= 15 is 0 Å². The molecule has 0 aliphatic rings. The second kappa shape index (κ2) is 6.01. The van der Waals surface area contributed by atoms with Crippen LogP contribution < -0.4 is 4.74 Å². The number of aryl methyl sites for hydroxylation is 1. The number of hydrogen-bond donors (Lipinski definition) is 0. The van der Waals surface area contributed by atoms with Crippen LogP contribution in [0.2, 0.25) is 0 Å². The van der Waals surface area contributed by atoms with Crippen LogP contribution in [-0.4, -0.2) is 6.36 Å². The van der Waals surface area contributed by atoms with Crippen molar-refractivity contribution in [2.24, 2.45) is 0 Å². The molecule has 0 unspecified atom stereocenters. The molecule has 0 saturated carbocycles. The van der Waals surface area contributed by atoms with E-state index in [1.54, 1.807) is 13.0 Å². The van der Waals surface area contributed by atoms with Crippen LogP contribution >= 0.6 is 0 Å². The predicted octanol–water partition coefficient (Wildman–Crippen LogP) is 3.79. The van der Waals surface area contributed by atoms with Gasteiger partial charge in [0.05, 0.1) is 11.6 Å². The molecule has 0 aliphatic heterocycles. The molecule has 0 aromatic heterocycles. The first-order valence-electron chi connectivity index (χ1n) is 4.68. The fraction of sp³-hybridized carbons (Fsp3) is 0.364. The molecule has 0 aliphatic carbocycles. The van der Waals surface area contributed by atoms with E-state index in [4.69, 9.17) is 5.26 Å². The fourth-order valence-corrected chi connectivity index (χ4v) is 1.01. The summed E-state index contributed by atoms with van der Waals surface area (Å²) < 4.78 is 39.1. The first-order valence-corrected chi connectivity index (χ1v) is 4.68. The Morgan fingerprint density at radius 2 is 1.75 bits per heavy atom. The molecule has 0 N–H and O–H groups in total. The smallest absolute Gasteiger partial charge is 0.406 e. The maximum atomic E-state index is 11.8. The molecule has 0 bridgehead atoms. The van der Waals surface area contributed by atoms with Gasteiger partial charge < -0.3 is 4.74 Å². The van der Waals surface area contributed by atoms with Crippen LogP contribution in [-0.2, 0) is 0 Å². The lowest BCUT2D eigenvalue weighted by molar-refractivity contribution is -0.274. The average molecular weight is 231 g/mol. The fourth-order valence-electron chi connectivity index (χ4n) is 1.01. The van der Waals surface area contributed by atoms with Crippen LogP contribution in [0.25, 0.3) is 0 Å². The highest BCUT2D eigenvalue weighted by Gasteiger charge is 2.31. The minimum Gasteiger partial charge on any atom is -0.406 e. The van der Waals surface area contributed by atoms with Gasteiger partial charge >= 0.3 is 6.36 Å². The van der Waals surface area contributed by atoms with E-state index in [9.17, 15) is 13.2 Å². The van der Waals surface area contributed by atoms with Crippen LogP contribution in [0.15, 0.2) is 18.2 Å². The van der Waals surface area contributed by atoms with Crippen LogP contribution in [0.3, 0.4) is 0 Å². The highest BCUT2D eigenvalue weighted by atomic mass is 19.4. The summed E-state index contributed by atoms with van der Waals surface area (Å²) in [4.78, 5) is 0. The van der Waals surface area contributed by atoms with Gasteiger partial charge in [-0.25, -0.2) is 0 Å². The van der Waals surface area contributed by atoms with E-state index in [-0.39, 0.29) is 11.3 Å². The molecule has 0 heterocycles. The first kappa shape index (κ1) is 14.3. The lowest BCUT2D eigenvalue weighted by Gasteiger charge is -2.09. The largest absolute Gasteiger partial charge is 0.573 e. The molecule has 0 radical (unpaired) electrons. The number of rotatable bonds is 1. The summed E-state index contributed by atoms with van der Waals surface area (Å²) in [6, 6.07) is 5.48. The van der Waals surface area contributed by atoms with Crippen LogP contribution in [0.4, 0.5) is 13.2 Å². The zero-order chi connectivity index (χ0) is 12.8. The minimum atomic E-state index is -4.72. The molecular formula is C11H12F3NO. The van der Waals surface area contributed by atoms with Crippen molar-refractivity contribution >= 4 is 0 Å². The molecular weight excluding hydrogens is 219 g/mol. The van der Waals surface area contributed by atoms with Crippen molar-refractivity contribution in [2.45, 2.75) is 27.1 Å². The summed E-state index contributed by atoms with van der Waals surface area (Å²) in [6.07, 6.45) is -4.72. The third kappa shape index (κ3) is 5.25. The van der Waals surface area contributed by atoms with Crippen molar-refractivity contribution in [3.63, 3.8) is 0 Å². The molecule has 16 heavy (non-hydrogen) atoms. The normalized spacial score (nSPS) is 9.81. The van der Waals surface area contributed by atoms with E-state index in [2.05, 4.69) is 4.74 Å². The molecule has 0 fully saturated rings. The van der Waals surface area contributed by atoms with Gasteiger partial charge in [0.25, 0.3) is 0 Å². The summed E-state index contributed by atoms with van der Waals surface area (Å²) in [5, 5.41) is 8.50. The SMILES string of the molecule is CC.Cc1cc(C#N)cc(OC(F)(F)F)c1. The van der Waals surface area contributed by atoms with Gasteiger partial charge in [-0.3, -0.25) is 0 Å². The number of alkyl halides is 3. The zero-order valence-electron chi connectivity index (χ0n) is 9.22. The van der Waals surface area contributed by atoms with Gasteiger partial charge in [-0.15, -0.1) is 13.2 Å². The van der Waals surface area contributed by atoms with Crippen molar-refractivity contribution in [3.8, 4) is 11.8 Å². The van der Waals surface area contributed by atoms with Gasteiger partial charge in [0, 0.05) is 0 Å². The summed E-state index contributed by atoms with van der Waals surface area (Å²) in [5.74, 6) is -0.367. The number of nitriles is 1. The number of benzene rings is 1. The lowest BCUT2D eigenvalue weighted by atomic mass is 10.1. The Labute approximate surface area is 92.3 Å². The number of ether oxygens (including phenoxy) is 1. The zero-order valence-corrected chi connectivity index (χ0v) is 9.22. The number of hydrogen-bond acceptors (Lipinski definition) is 2. The third-order valence-corrected chi connectivity index (χ3v) is 1.41. The van der Waals surface area contributed by atoms with Gasteiger partial charge in [-0.2, -0.15) is 5.26 Å². The summed E-state index contributed by atoms with van der Waals surface area (Å²) in [7, 11) is 0. The van der Waals surface area contributed by atoms with Gasteiger partial charge in [0.15, 0.2) is 0 Å². The van der Waals surface area contributed by atoms with E-state index in [1.807, 2.05) is 13.8 Å². The summed E-state index contributed by atoms with van der Waals surface area (Å²) >= 11 is 0. The van der Waals surface area contributed by atoms with Gasteiger partial charge in [0.2, 0.25) is 0 Å². The van der Waals surface area contributed by atoms with E-state index in [0.717, 1.165) is 6.07 Å². The van der Waals surface area contributed by atoms with E-state index in [0.29, 0.717) is 5.56 Å². The number of nitrogens with zero attached hydrogens (tertiary/aromatic N) is 1. The Bertz CT molecular complexity index is 380. The van der Waals surface area contributed by atoms with Gasteiger partial charge in [0.1, 0.15) is 5.75 Å². The second-order valence-electron chi connectivity index (χ2n) is 2.69. The number of halogens is 3. The molecule has 88 valence electrons. The lowest BCUT2D eigenvalue weighted by Crippen LogP contribution is -2.17. The predicted molar refractivity (Wildman–Crippen MR) is 53.9 cm³/mol. The Hall–Kier alpha value is -1.70. The Kier molecular flexibility index (Phi) is 5.37. The van der Waals surface area contributed by atoms with Crippen molar-refractivity contribution < 1.29 is 17.9 Å². The minimum absolute atomic E-state index is 0.143. The molecule has 0 atom stereocenters. The molecule has 0 spiro atoms. The molecule has 0 amide bonds. The standard InChI is InChI=1S/C9H6F3NO.C2H6/c1-6-2-7(5-13)4-8(3-6)14-9(10,11)12;1-2/h2-4H,1H3;1-2H3. The first-order chi connectivity index (χ1) is 7.40. The molecule has 1 rings (SSSR count). The molecule has 1 aromatic carbocycles.